The number of rotatable bonds is 8. The van der Waals surface area contributed by atoms with Crippen LogP contribution in [0.2, 0.25) is 5.02 Å². The number of carbonyl (C=O) groups excluding carboxylic acids is 1. The summed E-state index contributed by atoms with van der Waals surface area (Å²) >= 11 is 6.03. The number of nitrogens with one attached hydrogen (secondary N) is 2. The Kier molecular flexibility index (Phi) is 7.34. The molecule has 0 unspecified atom stereocenters. The standard InChI is InChI=1S/C18H19ClF2N2O4S/c1-11(2)23-28(25,26)13-7-8-15(19)14(9-13)17(24)22-10-12-5-3-4-6-16(12)27-18(20)21/h3-9,11,18,23H,10H2,1-2H3,(H,22,24). The third kappa shape index (κ3) is 5.88. The van der Waals surface area contributed by atoms with Gasteiger partial charge in [-0.3, -0.25) is 4.79 Å². The van der Waals surface area contributed by atoms with E-state index in [9.17, 15) is 22.0 Å². The van der Waals surface area contributed by atoms with Gasteiger partial charge in [-0.1, -0.05) is 29.8 Å². The minimum atomic E-state index is -3.81. The number of amides is 1. The number of alkyl halides is 2. The first-order chi connectivity index (χ1) is 13.1. The number of hydrogen-bond donors (Lipinski definition) is 2. The van der Waals surface area contributed by atoms with Crippen molar-refractivity contribution in [2.75, 3.05) is 0 Å². The summed E-state index contributed by atoms with van der Waals surface area (Å²) in [4.78, 5) is 12.4. The zero-order valence-corrected chi connectivity index (χ0v) is 16.7. The van der Waals surface area contributed by atoms with Crippen LogP contribution in [0.3, 0.4) is 0 Å². The fourth-order valence-corrected chi connectivity index (χ4v) is 3.84. The topological polar surface area (TPSA) is 84.5 Å². The van der Waals surface area contributed by atoms with E-state index in [1.165, 1.54) is 30.3 Å². The van der Waals surface area contributed by atoms with E-state index < -0.39 is 22.5 Å². The van der Waals surface area contributed by atoms with E-state index in [4.69, 9.17) is 11.6 Å². The van der Waals surface area contributed by atoms with Crippen molar-refractivity contribution >= 4 is 27.5 Å². The third-order valence-corrected chi connectivity index (χ3v) is 5.50. The van der Waals surface area contributed by atoms with E-state index in [1.54, 1.807) is 19.9 Å². The molecule has 0 aromatic heterocycles. The van der Waals surface area contributed by atoms with Crippen LogP contribution in [-0.4, -0.2) is 27.0 Å². The van der Waals surface area contributed by atoms with Gasteiger partial charge in [0.15, 0.2) is 0 Å². The maximum atomic E-state index is 12.5. The lowest BCUT2D eigenvalue weighted by molar-refractivity contribution is -0.0504. The average Bonchev–Trinajstić information content (AvgIpc) is 2.59. The fraction of sp³-hybridized carbons (Fsp3) is 0.278. The molecule has 0 spiro atoms. The van der Waals surface area contributed by atoms with E-state index in [2.05, 4.69) is 14.8 Å². The average molecular weight is 433 g/mol. The molecular weight excluding hydrogens is 414 g/mol. The fourth-order valence-electron chi connectivity index (χ4n) is 2.36. The van der Waals surface area contributed by atoms with E-state index in [0.29, 0.717) is 5.56 Å². The van der Waals surface area contributed by atoms with Crippen LogP contribution in [0.5, 0.6) is 5.75 Å². The molecule has 2 N–H and O–H groups in total. The first-order valence-electron chi connectivity index (χ1n) is 8.23. The Hall–Kier alpha value is -2.23. The van der Waals surface area contributed by atoms with Crippen LogP contribution >= 0.6 is 11.6 Å². The van der Waals surface area contributed by atoms with Crippen molar-refractivity contribution < 1.29 is 26.7 Å². The summed E-state index contributed by atoms with van der Waals surface area (Å²) in [6.07, 6.45) is 0. The van der Waals surface area contributed by atoms with E-state index in [0.717, 1.165) is 6.07 Å². The van der Waals surface area contributed by atoms with Crippen molar-refractivity contribution in [1.82, 2.24) is 10.0 Å². The molecule has 28 heavy (non-hydrogen) atoms. The molecule has 0 atom stereocenters. The second-order valence-electron chi connectivity index (χ2n) is 6.09. The quantitative estimate of drug-likeness (QED) is 0.668. The maximum Gasteiger partial charge on any atom is 0.387 e. The zero-order chi connectivity index (χ0) is 20.9. The molecule has 152 valence electrons. The monoisotopic (exact) mass is 432 g/mol. The second-order valence-corrected chi connectivity index (χ2v) is 8.21. The van der Waals surface area contributed by atoms with E-state index >= 15 is 0 Å². The van der Waals surface area contributed by atoms with Gasteiger partial charge in [0, 0.05) is 18.2 Å². The van der Waals surface area contributed by atoms with Gasteiger partial charge < -0.3 is 10.1 Å². The van der Waals surface area contributed by atoms with Gasteiger partial charge in [0.1, 0.15) is 5.75 Å². The summed E-state index contributed by atoms with van der Waals surface area (Å²) in [5.41, 5.74) is 0.276. The van der Waals surface area contributed by atoms with Crippen LogP contribution < -0.4 is 14.8 Å². The molecular formula is C18H19ClF2N2O4S. The minimum Gasteiger partial charge on any atom is -0.434 e. The van der Waals surface area contributed by atoms with Gasteiger partial charge in [-0.05, 0) is 38.1 Å². The number of benzene rings is 2. The Morgan fingerprint density at radius 2 is 1.86 bits per heavy atom. The minimum absolute atomic E-state index is 0.0538. The number of carbonyl (C=O) groups is 1. The lowest BCUT2D eigenvalue weighted by Crippen LogP contribution is -2.30. The Morgan fingerprint density at radius 3 is 2.50 bits per heavy atom. The highest BCUT2D eigenvalue weighted by Crippen LogP contribution is 2.23. The Labute approximate surface area is 166 Å². The van der Waals surface area contributed by atoms with Gasteiger partial charge in [-0.2, -0.15) is 8.78 Å². The second kappa shape index (κ2) is 9.31. The smallest absolute Gasteiger partial charge is 0.387 e. The molecule has 2 rings (SSSR count). The summed E-state index contributed by atoms with van der Waals surface area (Å²) < 4.78 is 56.3. The molecule has 0 aliphatic rings. The molecule has 0 radical (unpaired) electrons. The number of halogens is 3. The van der Waals surface area contributed by atoms with Crippen molar-refractivity contribution in [3.05, 3.63) is 58.6 Å². The molecule has 2 aromatic carbocycles. The largest absolute Gasteiger partial charge is 0.434 e. The number of sulfonamides is 1. The molecule has 1 amide bonds. The molecule has 0 aliphatic carbocycles. The summed E-state index contributed by atoms with van der Waals surface area (Å²) in [6.45, 7) is 0.223. The lowest BCUT2D eigenvalue weighted by Gasteiger charge is -2.13. The normalized spacial score (nSPS) is 11.7. The highest BCUT2D eigenvalue weighted by atomic mass is 35.5. The molecule has 0 saturated heterocycles. The first kappa shape index (κ1) is 22.1. The van der Waals surface area contributed by atoms with Crippen LogP contribution in [0, 0.1) is 0 Å². The van der Waals surface area contributed by atoms with Crippen molar-refractivity contribution in [3.8, 4) is 5.75 Å². The molecule has 0 saturated carbocycles. The highest BCUT2D eigenvalue weighted by molar-refractivity contribution is 7.89. The maximum absolute atomic E-state index is 12.5. The van der Waals surface area contributed by atoms with Crippen LogP contribution in [0.1, 0.15) is 29.8 Å². The molecule has 0 heterocycles. The summed E-state index contributed by atoms with van der Waals surface area (Å²) in [7, 11) is -3.81. The molecule has 0 aliphatic heterocycles. The Bertz CT molecular complexity index is 952. The van der Waals surface area contributed by atoms with E-state index in [1.807, 2.05) is 0 Å². The zero-order valence-electron chi connectivity index (χ0n) is 15.1. The predicted molar refractivity (Wildman–Crippen MR) is 101 cm³/mol. The molecule has 10 heteroatoms. The van der Waals surface area contributed by atoms with Crippen LogP contribution in [0.4, 0.5) is 8.78 Å². The summed E-state index contributed by atoms with van der Waals surface area (Å²) in [6, 6.07) is 9.43. The van der Waals surface area contributed by atoms with Gasteiger partial charge in [0.2, 0.25) is 10.0 Å². The van der Waals surface area contributed by atoms with Crippen LogP contribution in [0.15, 0.2) is 47.4 Å². The molecule has 6 nitrogen and oxygen atoms in total. The predicted octanol–water partition coefficient (Wildman–Crippen LogP) is 3.56. The van der Waals surface area contributed by atoms with Gasteiger partial charge in [0.05, 0.1) is 15.5 Å². The van der Waals surface area contributed by atoms with Crippen LogP contribution in [-0.2, 0) is 16.6 Å². The summed E-state index contributed by atoms with van der Waals surface area (Å²) in [5.74, 6) is -0.722. The summed E-state index contributed by atoms with van der Waals surface area (Å²) in [5, 5.41) is 2.58. The Balaban J connectivity index is 2.21. The van der Waals surface area contributed by atoms with Crippen molar-refractivity contribution in [2.45, 2.75) is 37.9 Å². The first-order valence-corrected chi connectivity index (χ1v) is 10.1. The van der Waals surface area contributed by atoms with Crippen molar-refractivity contribution in [3.63, 3.8) is 0 Å². The van der Waals surface area contributed by atoms with Gasteiger partial charge in [0.25, 0.3) is 5.91 Å². The van der Waals surface area contributed by atoms with Gasteiger partial charge >= 0.3 is 6.61 Å². The van der Waals surface area contributed by atoms with Crippen molar-refractivity contribution in [1.29, 1.82) is 0 Å². The highest BCUT2D eigenvalue weighted by Gasteiger charge is 2.20. The van der Waals surface area contributed by atoms with E-state index in [-0.39, 0.29) is 33.8 Å². The third-order valence-electron chi connectivity index (χ3n) is 3.51. The SMILES string of the molecule is CC(C)NS(=O)(=O)c1ccc(Cl)c(C(=O)NCc2ccccc2OC(F)F)c1. The molecule has 0 bridgehead atoms. The number of ether oxygens (including phenoxy) is 1. The molecule has 0 fully saturated rings. The lowest BCUT2D eigenvalue weighted by atomic mass is 10.1. The van der Waals surface area contributed by atoms with Crippen LogP contribution in [0.25, 0.3) is 0 Å². The number of para-hydroxylation sites is 1. The van der Waals surface area contributed by atoms with Gasteiger partial charge in [-0.25, -0.2) is 13.1 Å². The van der Waals surface area contributed by atoms with Gasteiger partial charge in [-0.15, -0.1) is 0 Å². The van der Waals surface area contributed by atoms with Crippen molar-refractivity contribution in [2.24, 2.45) is 0 Å². The number of hydrogen-bond acceptors (Lipinski definition) is 4. The Morgan fingerprint density at radius 1 is 1.18 bits per heavy atom. The molecule has 2 aromatic rings.